The Morgan fingerprint density at radius 3 is 2.62 bits per heavy atom. The molecule has 0 unspecified atom stereocenters. The Morgan fingerprint density at radius 1 is 1.19 bits per heavy atom. The van der Waals surface area contributed by atoms with Crippen LogP contribution in [-0.2, 0) is 10.0 Å². The number of hydrogen-bond donors (Lipinski definition) is 3. The van der Waals surface area contributed by atoms with E-state index in [4.69, 9.17) is 5.11 Å². The predicted octanol–water partition coefficient (Wildman–Crippen LogP) is 3.02. The summed E-state index contributed by atoms with van der Waals surface area (Å²) < 4.78 is 40.5. The topological polar surface area (TPSA) is 112 Å². The quantitative estimate of drug-likeness (QED) is 0.635. The average molecular weight is 375 g/mol. The van der Waals surface area contributed by atoms with Gasteiger partial charge < -0.3 is 5.11 Å². The standard InChI is InChI=1S/C17H14FN3O4S/c1-10-4-2-3-5-12(10)15-9-16(20-19-15)21-26(24,25)11-6-7-14(18)13(8-11)17(22)23/h2-9H,1H3,(H,22,23)(H2,19,20,21). The third-order valence-electron chi connectivity index (χ3n) is 3.73. The number of halogens is 1. The Morgan fingerprint density at radius 2 is 1.92 bits per heavy atom. The molecule has 1 aromatic heterocycles. The van der Waals surface area contributed by atoms with Crippen molar-refractivity contribution in [3.63, 3.8) is 0 Å². The molecule has 2 aromatic carbocycles. The number of carbonyl (C=O) groups is 1. The van der Waals surface area contributed by atoms with Gasteiger partial charge in [0.1, 0.15) is 5.82 Å². The van der Waals surface area contributed by atoms with Crippen molar-refractivity contribution in [1.82, 2.24) is 10.2 Å². The Kier molecular flexibility index (Phi) is 4.47. The number of aryl methyl sites for hydroxylation is 1. The second kappa shape index (κ2) is 6.60. The van der Waals surface area contributed by atoms with Crippen molar-refractivity contribution in [3.8, 4) is 11.3 Å². The van der Waals surface area contributed by atoms with Gasteiger partial charge in [0.25, 0.3) is 10.0 Å². The van der Waals surface area contributed by atoms with E-state index in [-0.39, 0.29) is 10.7 Å². The van der Waals surface area contributed by atoms with Gasteiger partial charge in [0, 0.05) is 11.6 Å². The molecule has 0 bridgehead atoms. The van der Waals surface area contributed by atoms with Gasteiger partial charge in [-0.3, -0.25) is 9.82 Å². The van der Waals surface area contributed by atoms with Gasteiger partial charge in [0.15, 0.2) is 5.82 Å². The van der Waals surface area contributed by atoms with Gasteiger partial charge in [-0.05, 0) is 30.7 Å². The fourth-order valence-electron chi connectivity index (χ4n) is 2.42. The van der Waals surface area contributed by atoms with Crippen LogP contribution in [0.1, 0.15) is 15.9 Å². The molecule has 3 rings (SSSR count). The van der Waals surface area contributed by atoms with Crippen LogP contribution in [0.5, 0.6) is 0 Å². The van der Waals surface area contributed by atoms with Crippen molar-refractivity contribution in [2.75, 3.05) is 4.72 Å². The highest BCUT2D eigenvalue weighted by atomic mass is 32.2. The summed E-state index contributed by atoms with van der Waals surface area (Å²) in [4.78, 5) is 10.6. The van der Waals surface area contributed by atoms with Crippen molar-refractivity contribution in [1.29, 1.82) is 0 Å². The summed E-state index contributed by atoms with van der Waals surface area (Å²) in [6, 6.07) is 11.6. The summed E-state index contributed by atoms with van der Waals surface area (Å²) in [5, 5.41) is 15.6. The van der Waals surface area contributed by atoms with E-state index in [9.17, 15) is 17.6 Å². The molecule has 0 saturated carbocycles. The van der Waals surface area contributed by atoms with Crippen LogP contribution < -0.4 is 4.72 Å². The number of benzene rings is 2. The molecule has 26 heavy (non-hydrogen) atoms. The molecule has 0 amide bonds. The highest BCUT2D eigenvalue weighted by Gasteiger charge is 2.20. The Bertz CT molecular complexity index is 1090. The molecular weight excluding hydrogens is 361 g/mol. The lowest BCUT2D eigenvalue weighted by Crippen LogP contribution is -2.14. The van der Waals surface area contributed by atoms with Crippen molar-refractivity contribution in [2.45, 2.75) is 11.8 Å². The predicted molar refractivity (Wildman–Crippen MR) is 92.9 cm³/mol. The first-order chi connectivity index (χ1) is 12.3. The van der Waals surface area contributed by atoms with Crippen LogP contribution in [0, 0.1) is 12.7 Å². The molecule has 3 aromatic rings. The molecule has 0 atom stereocenters. The number of H-pyrrole nitrogens is 1. The molecule has 0 saturated heterocycles. The highest BCUT2D eigenvalue weighted by Crippen LogP contribution is 2.24. The number of rotatable bonds is 5. The number of nitrogens with zero attached hydrogens (tertiary/aromatic N) is 1. The molecule has 0 radical (unpaired) electrons. The smallest absolute Gasteiger partial charge is 0.338 e. The molecule has 1 heterocycles. The molecule has 134 valence electrons. The Labute approximate surface area is 148 Å². The third kappa shape index (κ3) is 3.42. The molecule has 0 fully saturated rings. The van der Waals surface area contributed by atoms with E-state index in [1.807, 2.05) is 31.2 Å². The van der Waals surface area contributed by atoms with E-state index in [2.05, 4.69) is 14.9 Å². The Balaban J connectivity index is 1.91. The second-order valence-electron chi connectivity index (χ2n) is 5.53. The van der Waals surface area contributed by atoms with E-state index in [1.165, 1.54) is 6.07 Å². The number of aromatic carboxylic acids is 1. The SMILES string of the molecule is Cc1ccccc1-c1cc(NS(=O)(=O)c2ccc(F)c(C(=O)O)c2)n[nH]1. The lowest BCUT2D eigenvalue weighted by Gasteiger charge is -2.06. The lowest BCUT2D eigenvalue weighted by molar-refractivity contribution is 0.0691. The number of sulfonamides is 1. The maximum Gasteiger partial charge on any atom is 0.338 e. The van der Waals surface area contributed by atoms with Gasteiger partial charge in [0.2, 0.25) is 0 Å². The van der Waals surface area contributed by atoms with Crippen LogP contribution in [-0.4, -0.2) is 29.7 Å². The third-order valence-corrected chi connectivity index (χ3v) is 5.08. The van der Waals surface area contributed by atoms with E-state index in [0.29, 0.717) is 5.69 Å². The summed E-state index contributed by atoms with van der Waals surface area (Å²) >= 11 is 0. The van der Waals surface area contributed by atoms with Crippen LogP contribution in [0.2, 0.25) is 0 Å². The second-order valence-corrected chi connectivity index (χ2v) is 7.22. The summed E-state index contributed by atoms with van der Waals surface area (Å²) in [5.41, 5.74) is 1.73. The molecule has 0 aliphatic rings. The van der Waals surface area contributed by atoms with Gasteiger partial charge in [-0.1, -0.05) is 24.3 Å². The fourth-order valence-corrected chi connectivity index (χ4v) is 3.44. The monoisotopic (exact) mass is 375 g/mol. The molecule has 0 aliphatic heterocycles. The first kappa shape index (κ1) is 17.6. The molecule has 7 nitrogen and oxygen atoms in total. The fraction of sp³-hybridized carbons (Fsp3) is 0.0588. The summed E-state index contributed by atoms with van der Waals surface area (Å²) in [5.74, 6) is -2.54. The maximum absolute atomic E-state index is 13.5. The normalized spacial score (nSPS) is 11.3. The maximum atomic E-state index is 13.5. The van der Waals surface area contributed by atoms with Gasteiger partial charge in [-0.15, -0.1) is 0 Å². The van der Waals surface area contributed by atoms with E-state index in [1.54, 1.807) is 0 Å². The Hall–Kier alpha value is -3.20. The van der Waals surface area contributed by atoms with Crippen LogP contribution in [0.25, 0.3) is 11.3 Å². The summed E-state index contributed by atoms with van der Waals surface area (Å²) in [7, 11) is -4.13. The zero-order chi connectivity index (χ0) is 18.9. The lowest BCUT2D eigenvalue weighted by atomic mass is 10.1. The van der Waals surface area contributed by atoms with Crippen LogP contribution in [0.15, 0.2) is 53.4 Å². The van der Waals surface area contributed by atoms with Crippen molar-refractivity contribution in [2.24, 2.45) is 0 Å². The molecule has 3 N–H and O–H groups in total. The number of carboxylic acid groups (broad SMARTS) is 1. The molecule has 0 spiro atoms. The highest BCUT2D eigenvalue weighted by molar-refractivity contribution is 7.92. The van der Waals surface area contributed by atoms with Crippen molar-refractivity contribution in [3.05, 3.63) is 65.5 Å². The number of hydrogen-bond acceptors (Lipinski definition) is 4. The summed E-state index contributed by atoms with van der Waals surface area (Å²) in [6.45, 7) is 1.91. The van der Waals surface area contributed by atoms with Gasteiger partial charge in [-0.2, -0.15) is 5.10 Å². The average Bonchev–Trinajstić information content (AvgIpc) is 3.02. The van der Waals surface area contributed by atoms with Gasteiger partial charge in [0.05, 0.1) is 16.2 Å². The van der Waals surface area contributed by atoms with Gasteiger partial charge >= 0.3 is 5.97 Å². The zero-order valence-corrected chi connectivity index (χ0v) is 14.3. The van der Waals surface area contributed by atoms with E-state index < -0.39 is 27.4 Å². The minimum absolute atomic E-state index is 0.0319. The zero-order valence-electron chi connectivity index (χ0n) is 13.5. The van der Waals surface area contributed by atoms with Crippen LogP contribution in [0.3, 0.4) is 0 Å². The molecular formula is C17H14FN3O4S. The first-order valence-electron chi connectivity index (χ1n) is 7.45. The summed E-state index contributed by atoms with van der Waals surface area (Å²) in [6.07, 6.45) is 0. The van der Waals surface area contributed by atoms with Crippen LogP contribution >= 0.6 is 0 Å². The van der Waals surface area contributed by atoms with Crippen molar-refractivity contribution < 1.29 is 22.7 Å². The minimum atomic E-state index is -4.13. The van der Waals surface area contributed by atoms with Crippen molar-refractivity contribution >= 4 is 21.8 Å². The van der Waals surface area contributed by atoms with Gasteiger partial charge in [-0.25, -0.2) is 17.6 Å². The molecule has 0 aliphatic carbocycles. The first-order valence-corrected chi connectivity index (χ1v) is 8.93. The number of carboxylic acids is 1. The number of anilines is 1. The number of nitrogens with one attached hydrogen (secondary N) is 2. The largest absolute Gasteiger partial charge is 0.478 e. The number of aromatic nitrogens is 2. The number of aromatic amines is 1. The van der Waals surface area contributed by atoms with E-state index >= 15 is 0 Å². The molecule has 9 heteroatoms. The van der Waals surface area contributed by atoms with E-state index in [0.717, 1.165) is 29.3 Å². The minimum Gasteiger partial charge on any atom is -0.478 e. The van der Waals surface area contributed by atoms with Crippen LogP contribution in [0.4, 0.5) is 10.2 Å².